The number of aromatic hydroxyl groups is 1. The number of fused-ring (bicyclic) bond motifs is 4. The van der Waals surface area contributed by atoms with E-state index in [9.17, 15) is 25.2 Å². The fraction of sp³-hybridized carbons (Fsp3) is 0.500. The minimum atomic E-state index is -1.11. The van der Waals surface area contributed by atoms with E-state index in [0.29, 0.717) is 53.2 Å². The van der Waals surface area contributed by atoms with Crippen LogP contribution in [0.1, 0.15) is 134 Å². The number of allylic oxidation sites excluding steroid dienone is 2. The summed E-state index contributed by atoms with van der Waals surface area (Å²) in [7, 11) is 3.37. The van der Waals surface area contributed by atoms with Gasteiger partial charge < -0.3 is 45.2 Å². The highest BCUT2D eigenvalue weighted by molar-refractivity contribution is 8.76. The molecule has 0 amide bonds. The number of nitrogens with two attached hydrogens (primary N) is 1. The summed E-state index contributed by atoms with van der Waals surface area (Å²) in [5.41, 5.74) is 13.0. The summed E-state index contributed by atoms with van der Waals surface area (Å²) in [4.78, 5) is 17.4. The van der Waals surface area contributed by atoms with Crippen molar-refractivity contribution < 1.29 is 34.7 Å². The van der Waals surface area contributed by atoms with E-state index in [2.05, 4.69) is 81.6 Å². The molecule has 2 aromatic heterocycles. The predicted octanol–water partition coefficient (Wildman–Crippen LogP) is 8.22. The largest absolute Gasteiger partial charge is 0.508 e. The highest BCUT2D eigenvalue weighted by Gasteiger charge is 2.49. The zero-order valence-corrected chi connectivity index (χ0v) is 39.1. The second-order valence-electron chi connectivity index (χ2n) is 20.5. The molecule has 2 aromatic carbocycles. The highest BCUT2D eigenvalue weighted by atomic mass is 33.1. The van der Waals surface area contributed by atoms with Gasteiger partial charge in [0, 0.05) is 89.3 Å². The lowest BCUT2D eigenvalue weighted by atomic mass is 9.65. The number of aliphatic hydroxyl groups is 3. The molecular weight excluding hydrogens is 881 g/mol. The summed E-state index contributed by atoms with van der Waals surface area (Å²) in [6.45, 7) is 0.602. The molecule has 2 fully saturated rings. The van der Waals surface area contributed by atoms with Crippen molar-refractivity contribution in [2.45, 2.75) is 125 Å². The van der Waals surface area contributed by atoms with Crippen LogP contribution in [0.15, 0.2) is 61.1 Å². The number of phenolic OH excluding ortho intramolecular Hbond substituents is 1. The smallest absolute Gasteiger partial charge is 0.191 e. The lowest BCUT2D eigenvalue weighted by molar-refractivity contribution is -0.122. The minimum Gasteiger partial charge on any atom is -0.508 e. The molecule has 0 saturated heterocycles. The van der Waals surface area contributed by atoms with E-state index in [0.717, 1.165) is 64.4 Å². The van der Waals surface area contributed by atoms with Gasteiger partial charge in [0.2, 0.25) is 0 Å². The topological polar surface area (TPSA) is 175 Å². The quantitative estimate of drug-likeness (QED) is 0.0541. The summed E-state index contributed by atoms with van der Waals surface area (Å²) >= 11 is 0. The van der Waals surface area contributed by atoms with Crippen molar-refractivity contribution in [3.8, 4) is 41.1 Å². The Morgan fingerprint density at radius 2 is 1.87 bits per heavy atom. The van der Waals surface area contributed by atoms with Crippen molar-refractivity contribution in [3.05, 3.63) is 100 Å². The molecule has 10 bridgehead atoms. The molecule has 67 heavy (non-hydrogen) atoms. The number of aliphatic hydroxyl groups excluding tert-OH is 3. The summed E-state index contributed by atoms with van der Waals surface area (Å²) in [5.74, 6) is 11.9. The molecule has 9 aliphatic rings. The van der Waals surface area contributed by atoms with Crippen LogP contribution in [-0.4, -0.2) is 60.3 Å². The Kier molecular flexibility index (Phi) is 11.2. The molecule has 4 aromatic rings. The van der Waals surface area contributed by atoms with Gasteiger partial charge in [-0.1, -0.05) is 101 Å². The number of hydrogen-bond donors (Lipinski definition) is 7. The minimum absolute atomic E-state index is 0.0216. The fourth-order valence-corrected chi connectivity index (χ4v) is 15.8. The first kappa shape index (κ1) is 43.7. The highest BCUT2D eigenvalue weighted by Crippen LogP contribution is 2.55. The molecule has 5 aliphatic heterocycles. The Bertz CT molecular complexity index is 2830. The molecule has 8 N–H and O–H groups in total. The maximum Gasteiger partial charge on any atom is 0.191 e. The lowest BCUT2D eigenvalue weighted by Gasteiger charge is -2.45. The number of nitrogens with zero attached hydrogens (tertiary/aromatic N) is 1. The first-order valence-corrected chi connectivity index (χ1v) is 26.9. The molecule has 4 aliphatic carbocycles. The Morgan fingerprint density at radius 3 is 2.70 bits per heavy atom. The first-order chi connectivity index (χ1) is 32.6. The number of carbonyl (C=O) groups excluding carboxylic acids is 1. The van der Waals surface area contributed by atoms with Crippen LogP contribution < -0.4 is 20.5 Å². The average Bonchev–Trinajstić information content (AvgIpc) is 4.16. The molecule has 13 heteroatoms. The summed E-state index contributed by atoms with van der Waals surface area (Å²) < 4.78 is 15.9. The van der Waals surface area contributed by atoms with E-state index < -0.39 is 47.2 Å². The lowest BCUT2D eigenvalue weighted by Crippen LogP contribution is -2.50. The van der Waals surface area contributed by atoms with E-state index in [1.54, 1.807) is 27.7 Å². The van der Waals surface area contributed by atoms with Gasteiger partial charge in [-0.05, 0) is 78.2 Å². The van der Waals surface area contributed by atoms with Crippen LogP contribution in [0.3, 0.4) is 0 Å². The molecular formula is C54H58N4O7S2. The summed E-state index contributed by atoms with van der Waals surface area (Å²) in [6.07, 6.45) is 23.2. The van der Waals surface area contributed by atoms with Gasteiger partial charge in [0.15, 0.2) is 17.7 Å². The fourth-order valence-electron chi connectivity index (χ4n) is 13.2. The SMILES string of the molecule is NC1NCC23C=CC4c5c(ccc1c52)C(O)C#CC1C(Oc2c(cc(O)c(CCC(=O)CC(O)C5C=CC(C6CCCC6)CC5O)c2CSSC3)OC#CC12CCCC2)n1cc2[nH]cc4c2c1. The molecule has 2 saturated carbocycles. The predicted molar refractivity (Wildman–Crippen MR) is 260 cm³/mol. The monoisotopic (exact) mass is 938 g/mol. The number of carbonyl (C=O) groups is 1. The van der Waals surface area contributed by atoms with Crippen molar-refractivity contribution in [1.82, 2.24) is 14.9 Å². The van der Waals surface area contributed by atoms with Gasteiger partial charge in [0.1, 0.15) is 23.7 Å². The van der Waals surface area contributed by atoms with Crippen LogP contribution in [0.2, 0.25) is 0 Å². The molecule has 10 unspecified atom stereocenters. The molecule has 10 atom stereocenters. The number of hydrogen-bond acceptors (Lipinski definition) is 11. The molecule has 0 radical (unpaired) electrons. The maximum absolute atomic E-state index is 13.9. The van der Waals surface area contributed by atoms with Crippen LogP contribution >= 0.6 is 21.6 Å². The molecule has 348 valence electrons. The zero-order valence-electron chi connectivity index (χ0n) is 37.5. The van der Waals surface area contributed by atoms with Crippen LogP contribution in [0.25, 0.3) is 10.9 Å². The number of phenols is 1. The molecule has 11 nitrogen and oxygen atoms in total. The third-order valence-corrected chi connectivity index (χ3v) is 19.2. The third kappa shape index (κ3) is 7.38. The second-order valence-corrected chi connectivity index (χ2v) is 23.0. The molecule has 2 spiro atoms. The van der Waals surface area contributed by atoms with Gasteiger partial charge in [-0.15, -0.1) is 0 Å². The number of ketones is 1. The van der Waals surface area contributed by atoms with E-state index in [-0.39, 0.29) is 48.6 Å². The van der Waals surface area contributed by atoms with Crippen molar-refractivity contribution in [3.63, 3.8) is 0 Å². The number of ether oxygens (including phenoxy) is 2. The second kappa shape index (κ2) is 17.1. The van der Waals surface area contributed by atoms with Gasteiger partial charge in [-0.2, -0.15) is 0 Å². The van der Waals surface area contributed by atoms with Crippen molar-refractivity contribution >= 4 is 38.3 Å². The van der Waals surface area contributed by atoms with Crippen LogP contribution in [0.5, 0.6) is 17.2 Å². The number of H-pyrrole nitrogens is 1. The Labute approximate surface area is 399 Å². The number of rotatable bonds is 7. The molecule has 13 rings (SSSR count). The summed E-state index contributed by atoms with van der Waals surface area (Å²) in [6, 6.07) is 5.64. The van der Waals surface area contributed by atoms with Crippen LogP contribution in [0, 0.1) is 53.0 Å². The average molecular weight is 939 g/mol. The normalized spacial score (nSPS) is 31.5. The summed E-state index contributed by atoms with van der Waals surface area (Å²) in [5, 5.41) is 51.6. The number of benzene rings is 2. The Balaban J connectivity index is 0.968. The van der Waals surface area contributed by atoms with Gasteiger partial charge in [-0.3, -0.25) is 10.1 Å². The van der Waals surface area contributed by atoms with Crippen LogP contribution in [-0.2, 0) is 22.4 Å². The van der Waals surface area contributed by atoms with Gasteiger partial charge >= 0.3 is 0 Å². The van der Waals surface area contributed by atoms with E-state index in [1.807, 2.05) is 12.1 Å². The molecule has 7 heterocycles. The van der Waals surface area contributed by atoms with Gasteiger partial charge in [0.25, 0.3) is 0 Å². The first-order valence-electron chi connectivity index (χ1n) is 24.4. The van der Waals surface area contributed by atoms with Crippen LogP contribution in [0.4, 0.5) is 0 Å². The van der Waals surface area contributed by atoms with E-state index >= 15 is 0 Å². The van der Waals surface area contributed by atoms with E-state index in [4.69, 9.17) is 15.2 Å². The van der Waals surface area contributed by atoms with Crippen molar-refractivity contribution in [2.24, 2.45) is 34.8 Å². The number of nitrogens with one attached hydrogen (secondary N) is 2. The van der Waals surface area contributed by atoms with Gasteiger partial charge in [0.05, 0.1) is 35.2 Å². The van der Waals surface area contributed by atoms with Crippen molar-refractivity contribution in [2.75, 3.05) is 12.3 Å². The third-order valence-electron chi connectivity index (χ3n) is 16.7. The number of Topliss-reactive ketones (excluding diaryl/α,β-unsaturated/α-hetero) is 1. The Hall–Kier alpha value is -4.57. The van der Waals surface area contributed by atoms with Gasteiger partial charge in [-0.25, -0.2) is 0 Å². The number of aromatic nitrogens is 2. The number of aromatic amines is 1. The standard InChI is InChI=1S/C54H58N4O7S2/c55-51-37-12-11-36-43(60)14-13-41-52-58-25-39-38(24-56-42(39)26-58)34-15-18-54(28-57-51,49(37)48(34)36)29-67-66-27-40-33(46(63)23-47(50(40)65-52)64-20-19-53(41)16-3-4-17-53)10-8-32(59)22-45(62)35-9-7-31(21-44(35)61)30-5-1-2-6-30/h7,9,11-12,15,18,23-26,30-31,34-35,41,43-45,51-52,56-57,60-63H,1-6,8,10,16-17,21-22,27-29,55H2. The Morgan fingerprint density at radius 1 is 1.03 bits per heavy atom. The van der Waals surface area contributed by atoms with Crippen molar-refractivity contribution in [1.29, 1.82) is 0 Å². The van der Waals surface area contributed by atoms with E-state index in [1.165, 1.54) is 25.7 Å². The zero-order chi connectivity index (χ0) is 45.6. The maximum atomic E-state index is 13.9.